The van der Waals surface area contributed by atoms with Crippen LogP contribution >= 0.6 is 0 Å². The number of esters is 1. The van der Waals surface area contributed by atoms with E-state index in [4.69, 9.17) is 9.47 Å². The molecule has 1 aliphatic heterocycles. The minimum atomic E-state index is -0.413. The smallest absolute Gasteiger partial charge is 0.341 e. The molecule has 2 heterocycles. The summed E-state index contributed by atoms with van der Waals surface area (Å²) in [6, 6.07) is 6.54. The second-order valence-electron chi connectivity index (χ2n) is 6.95. The molecule has 1 fully saturated rings. The van der Waals surface area contributed by atoms with Gasteiger partial charge in [-0.05, 0) is 24.6 Å². The maximum Gasteiger partial charge on any atom is 0.341 e. The Morgan fingerprint density at radius 3 is 2.43 bits per heavy atom. The van der Waals surface area contributed by atoms with Gasteiger partial charge in [-0.2, -0.15) is 0 Å². The molecule has 1 unspecified atom stereocenters. The molecular formula is C22H27FN4O3. The van der Waals surface area contributed by atoms with Gasteiger partial charge < -0.3 is 14.4 Å². The number of nitrogens with zero attached hydrogens (tertiary/aromatic N) is 4. The molecule has 160 valence electrons. The SMILES string of the molecule is CCOC(=O)c1cnc(N2CCN(C(C=Cc3ccc(F)cc3)COC)CC2)nc1. The molecule has 1 aromatic carbocycles. The molecule has 30 heavy (non-hydrogen) atoms. The minimum Gasteiger partial charge on any atom is -0.462 e. The fraction of sp³-hybridized carbons (Fsp3) is 0.409. The van der Waals surface area contributed by atoms with Crippen LogP contribution in [0.25, 0.3) is 6.08 Å². The van der Waals surface area contributed by atoms with E-state index in [1.165, 1.54) is 24.5 Å². The quantitative estimate of drug-likeness (QED) is 0.615. The van der Waals surface area contributed by atoms with E-state index in [0.29, 0.717) is 24.7 Å². The number of carbonyl (C=O) groups excluding carboxylic acids is 1. The van der Waals surface area contributed by atoms with Gasteiger partial charge >= 0.3 is 5.97 Å². The largest absolute Gasteiger partial charge is 0.462 e. The maximum atomic E-state index is 13.1. The van der Waals surface area contributed by atoms with E-state index >= 15 is 0 Å². The first-order valence-corrected chi connectivity index (χ1v) is 10.0. The predicted molar refractivity (Wildman–Crippen MR) is 113 cm³/mol. The zero-order valence-corrected chi connectivity index (χ0v) is 17.3. The summed E-state index contributed by atoms with van der Waals surface area (Å²) < 4.78 is 23.4. The van der Waals surface area contributed by atoms with Crippen molar-refractivity contribution in [3.63, 3.8) is 0 Å². The Morgan fingerprint density at radius 1 is 1.17 bits per heavy atom. The van der Waals surface area contributed by atoms with Gasteiger partial charge in [0.05, 0.1) is 24.8 Å². The lowest BCUT2D eigenvalue weighted by atomic mass is 10.1. The Bertz CT molecular complexity index is 834. The summed E-state index contributed by atoms with van der Waals surface area (Å²) in [4.78, 5) is 24.8. The van der Waals surface area contributed by atoms with Crippen molar-refractivity contribution in [2.75, 3.05) is 51.4 Å². The summed E-state index contributed by atoms with van der Waals surface area (Å²) >= 11 is 0. The van der Waals surface area contributed by atoms with E-state index in [-0.39, 0.29) is 11.9 Å². The standard InChI is InChI=1S/C22H27FN4O3/c1-3-30-21(28)18-14-24-22(25-15-18)27-12-10-26(11-13-27)20(16-29-2)9-6-17-4-7-19(23)8-5-17/h4-9,14-15,20H,3,10-13,16H2,1-2H3. The fourth-order valence-corrected chi connectivity index (χ4v) is 3.31. The Labute approximate surface area is 176 Å². The van der Waals surface area contributed by atoms with E-state index in [0.717, 1.165) is 31.7 Å². The molecule has 1 aromatic heterocycles. The van der Waals surface area contributed by atoms with Gasteiger partial charge in [0.1, 0.15) is 5.82 Å². The highest BCUT2D eigenvalue weighted by atomic mass is 19.1. The minimum absolute atomic E-state index is 0.120. The third-order valence-corrected chi connectivity index (χ3v) is 4.93. The molecule has 0 aliphatic carbocycles. The van der Waals surface area contributed by atoms with Crippen molar-refractivity contribution in [2.45, 2.75) is 13.0 Å². The van der Waals surface area contributed by atoms with Gasteiger partial charge in [-0.1, -0.05) is 24.3 Å². The Balaban J connectivity index is 1.58. The van der Waals surface area contributed by atoms with Crippen LogP contribution < -0.4 is 4.90 Å². The number of methoxy groups -OCH3 is 1. The van der Waals surface area contributed by atoms with E-state index in [1.54, 1.807) is 26.2 Å². The molecule has 0 bridgehead atoms. The van der Waals surface area contributed by atoms with Crippen molar-refractivity contribution in [1.82, 2.24) is 14.9 Å². The number of hydrogen-bond acceptors (Lipinski definition) is 7. The summed E-state index contributed by atoms with van der Waals surface area (Å²) in [7, 11) is 1.69. The second kappa shape index (κ2) is 10.8. The number of hydrogen-bond donors (Lipinski definition) is 0. The van der Waals surface area contributed by atoms with E-state index in [9.17, 15) is 9.18 Å². The first-order valence-electron chi connectivity index (χ1n) is 10.0. The van der Waals surface area contributed by atoms with Gasteiger partial charge in [0.15, 0.2) is 0 Å². The number of ether oxygens (including phenoxy) is 2. The molecule has 0 saturated carbocycles. The van der Waals surface area contributed by atoms with E-state index in [1.807, 2.05) is 6.08 Å². The summed E-state index contributed by atoms with van der Waals surface area (Å²) in [5.41, 5.74) is 1.30. The van der Waals surface area contributed by atoms with Crippen LogP contribution in [0.1, 0.15) is 22.8 Å². The van der Waals surface area contributed by atoms with Gasteiger partial charge in [-0.25, -0.2) is 19.2 Å². The van der Waals surface area contributed by atoms with Gasteiger partial charge in [0.25, 0.3) is 0 Å². The van der Waals surface area contributed by atoms with Gasteiger partial charge in [0, 0.05) is 45.7 Å². The molecular weight excluding hydrogens is 387 g/mol. The van der Waals surface area contributed by atoms with Gasteiger partial charge in [-0.3, -0.25) is 4.90 Å². The third kappa shape index (κ3) is 5.84. The molecule has 0 radical (unpaired) electrons. The Kier molecular flexibility index (Phi) is 7.87. The van der Waals surface area contributed by atoms with Crippen molar-refractivity contribution in [3.05, 3.63) is 59.7 Å². The first-order chi connectivity index (χ1) is 14.6. The highest BCUT2D eigenvalue weighted by Crippen LogP contribution is 2.15. The third-order valence-electron chi connectivity index (χ3n) is 4.93. The Morgan fingerprint density at radius 2 is 1.83 bits per heavy atom. The molecule has 0 spiro atoms. The number of piperazine rings is 1. The highest BCUT2D eigenvalue weighted by Gasteiger charge is 2.24. The van der Waals surface area contributed by atoms with Crippen LogP contribution in [0.2, 0.25) is 0 Å². The van der Waals surface area contributed by atoms with Crippen molar-refractivity contribution in [2.24, 2.45) is 0 Å². The van der Waals surface area contributed by atoms with Crippen LogP contribution in [-0.4, -0.2) is 73.4 Å². The molecule has 2 aromatic rings. The zero-order chi connectivity index (χ0) is 21.3. The highest BCUT2D eigenvalue weighted by molar-refractivity contribution is 5.88. The van der Waals surface area contributed by atoms with Gasteiger partial charge in [-0.15, -0.1) is 0 Å². The lowest BCUT2D eigenvalue weighted by molar-refractivity contribution is 0.0525. The number of benzene rings is 1. The van der Waals surface area contributed by atoms with Crippen LogP contribution in [0.3, 0.4) is 0 Å². The molecule has 0 amide bonds. The van der Waals surface area contributed by atoms with Crippen LogP contribution in [0.4, 0.5) is 10.3 Å². The molecule has 1 aliphatic rings. The van der Waals surface area contributed by atoms with Crippen LogP contribution in [-0.2, 0) is 9.47 Å². The van der Waals surface area contributed by atoms with Crippen LogP contribution in [0, 0.1) is 5.82 Å². The van der Waals surface area contributed by atoms with E-state index in [2.05, 4.69) is 25.8 Å². The van der Waals surface area contributed by atoms with Crippen molar-refractivity contribution < 1.29 is 18.7 Å². The molecule has 0 N–H and O–H groups in total. The number of aromatic nitrogens is 2. The summed E-state index contributed by atoms with van der Waals surface area (Å²) in [6.07, 6.45) is 7.10. The second-order valence-corrected chi connectivity index (χ2v) is 6.95. The normalized spacial score (nSPS) is 16.0. The summed E-state index contributed by atoms with van der Waals surface area (Å²) in [6.45, 7) is 5.84. The molecule has 8 heteroatoms. The monoisotopic (exact) mass is 414 g/mol. The molecule has 3 rings (SSSR count). The Hall–Kier alpha value is -2.84. The summed E-state index contributed by atoms with van der Waals surface area (Å²) in [5, 5.41) is 0. The first kappa shape index (κ1) is 21.9. The lowest BCUT2D eigenvalue weighted by Crippen LogP contribution is -2.51. The van der Waals surface area contributed by atoms with Crippen molar-refractivity contribution in [3.8, 4) is 0 Å². The van der Waals surface area contributed by atoms with Gasteiger partial charge in [0.2, 0.25) is 5.95 Å². The average molecular weight is 414 g/mol. The predicted octanol–water partition coefficient (Wildman–Crippen LogP) is 2.64. The summed E-state index contributed by atoms with van der Waals surface area (Å²) in [5.74, 6) is -0.0497. The number of halogens is 1. The molecule has 7 nitrogen and oxygen atoms in total. The van der Waals surface area contributed by atoms with E-state index < -0.39 is 5.97 Å². The number of carbonyl (C=O) groups is 1. The molecule has 1 saturated heterocycles. The maximum absolute atomic E-state index is 13.1. The van der Waals surface area contributed by atoms with Crippen LogP contribution in [0.15, 0.2) is 42.7 Å². The van der Waals surface area contributed by atoms with Crippen LogP contribution in [0.5, 0.6) is 0 Å². The fourth-order valence-electron chi connectivity index (χ4n) is 3.31. The number of rotatable bonds is 8. The average Bonchev–Trinajstić information content (AvgIpc) is 2.78. The zero-order valence-electron chi connectivity index (χ0n) is 17.3. The van der Waals surface area contributed by atoms with Crippen molar-refractivity contribution >= 4 is 18.0 Å². The lowest BCUT2D eigenvalue weighted by Gasteiger charge is -2.38. The molecule has 1 atom stereocenters. The van der Waals surface area contributed by atoms with Crippen molar-refractivity contribution in [1.29, 1.82) is 0 Å². The topological polar surface area (TPSA) is 67.8 Å². The number of anilines is 1.